The Kier molecular flexibility index (Phi) is 6.38. The summed E-state index contributed by atoms with van der Waals surface area (Å²) in [5, 5.41) is 14.7. The third kappa shape index (κ3) is 4.44. The van der Waals surface area contributed by atoms with Crippen LogP contribution in [0.3, 0.4) is 0 Å². The Balaban J connectivity index is 0.00000162. The van der Waals surface area contributed by atoms with E-state index in [2.05, 4.69) is 10.3 Å². The zero-order valence-corrected chi connectivity index (χ0v) is 11.5. The highest BCUT2D eigenvalue weighted by Gasteiger charge is 2.13. The molecule has 1 saturated heterocycles. The van der Waals surface area contributed by atoms with Gasteiger partial charge in [-0.3, -0.25) is 10.1 Å². The Morgan fingerprint density at radius 1 is 1.56 bits per heavy atom. The number of piperidine rings is 1. The third-order valence-electron chi connectivity index (χ3n) is 2.80. The lowest BCUT2D eigenvalue weighted by atomic mass is 10.0. The van der Waals surface area contributed by atoms with Gasteiger partial charge in [0.25, 0.3) is 5.69 Å². The minimum absolute atomic E-state index is 0. The minimum atomic E-state index is -0.424. The van der Waals surface area contributed by atoms with Crippen LogP contribution in [0.25, 0.3) is 0 Å². The van der Waals surface area contributed by atoms with Gasteiger partial charge >= 0.3 is 0 Å². The van der Waals surface area contributed by atoms with Crippen molar-refractivity contribution < 1.29 is 4.92 Å². The van der Waals surface area contributed by atoms with Crippen LogP contribution in [-0.2, 0) is 0 Å². The van der Waals surface area contributed by atoms with Crippen molar-refractivity contribution in [1.29, 1.82) is 0 Å². The molecule has 0 saturated carbocycles. The first-order valence-electron chi connectivity index (χ1n) is 5.69. The van der Waals surface area contributed by atoms with E-state index in [4.69, 9.17) is 0 Å². The summed E-state index contributed by atoms with van der Waals surface area (Å²) < 4.78 is 0. The molecule has 2 rings (SSSR count). The van der Waals surface area contributed by atoms with Crippen molar-refractivity contribution in [1.82, 2.24) is 10.3 Å². The van der Waals surface area contributed by atoms with Crippen molar-refractivity contribution in [2.75, 3.05) is 18.8 Å². The zero-order valence-electron chi connectivity index (χ0n) is 9.87. The second-order valence-corrected chi connectivity index (χ2v) is 5.18. The summed E-state index contributed by atoms with van der Waals surface area (Å²) in [4.78, 5) is 14.1. The quantitative estimate of drug-likeness (QED) is 0.524. The van der Waals surface area contributed by atoms with Gasteiger partial charge < -0.3 is 5.32 Å². The van der Waals surface area contributed by atoms with Crippen LogP contribution < -0.4 is 5.32 Å². The molecule has 0 bridgehead atoms. The maximum Gasteiger partial charge on any atom is 0.287 e. The summed E-state index contributed by atoms with van der Waals surface area (Å²) >= 11 is 1.67. The van der Waals surface area contributed by atoms with Gasteiger partial charge in [-0.05, 0) is 37.9 Å². The molecule has 0 amide bonds. The number of hydrogen-bond donors (Lipinski definition) is 1. The molecule has 1 aromatic rings. The van der Waals surface area contributed by atoms with E-state index in [0.717, 1.165) is 23.9 Å². The van der Waals surface area contributed by atoms with Gasteiger partial charge in [0, 0.05) is 11.8 Å². The van der Waals surface area contributed by atoms with E-state index in [1.807, 2.05) is 0 Å². The van der Waals surface area contributed by atoms with E-state index in [-0.39, 0.29) is 18.1 Å². The summed E-state index contributed by atoms with van der Waals surface area (Å²) in [6.45, 7) is 2.19. The molecule has 100 valence electrons. The van der Waals surface area contributed by atoms with E-state index < -0.39 is 4.92 Å². The molecule has 5 nitrogen and oxygen atoms in total. The number of rotatable bonds is 4. The van der Waals surface area contributed by atoms with Gasteiger partial charge in [-0.25, -0.2) is 4.98 Å². The lowest BCUT2D eigenvalue weighted by molar-refractivity contribution is -0.385. The van der Waals surface area contributed by atoms with Crippen molar-refractivity contribution in [2.24, 2.45) is 5.92 Å². The van der Waals surface area contributed by atoms with Gasteiger partial charge in [-0.15, -0.1) is 24.2 Å². The molecule has 0 radical (unpaired) electrons. The monoisotopic (exact) mass is 289 g/mol. The zero-order chi connectivity index (χ0) is 12.1. The van der Waals surface area contributed by atoms with Crippen molar-refractivity contribution in [3.8, 4) is 0 Å². The lowest BCUT2D eigenvalue weighted by Crippen LogP contribution is -2.30. The number of nitro groups is 1. The fourth-order valence-corrected chi connectivity index (χ4v) is 2.82. The Labute approximate surface area is 116 Å². The first-order valence-corrected chi connectivity index (χ1v) is 6.68. The molecule has 2 heterocycles. The van der Waals surface area contributed by atoms with Gasteiger partial charge in [0.2, 0.25) is 0 Å². The van der Waals surface area contributed by atoms with Crippen LogP contribution in [0.1, 0.15) is 12.8 Å². The molecular weight excluding hydrogens is 274 g/mol. The number of thioether (sulfide) groups is 1. The Hall–Kier alpha value is -0.850. The Bertz CT molecular complexity index is 382. The Morgan fingerprint density at radius 3 is 2.94 bits per heavy atom. The van der Waals surface area contributed by atoms with Gasteiger partial charge in [-0.1, -0.05) is 0 Å². The van der Waals surface area contributed by atoms with Crippen molar-refractivity contribution >= 4 is 29.9 Å². The molecule has 1 aliphatic rings. The molecule has 1 unspecified atom stereocenters. The van der Waals surface area contributed by atoms with Crippen LogP contribution in [0.5, 0.6) is 0 Å². The molecule has 7 heteroatoms. The SMILES string of the molecule is Cl.O=[N+]([O-])c1ccc(SCC2CCCNC2)nc1. The average Bonchev–Trinajstić information content (AvgIpc) is 2.38. The maximum atomic E-state index is 10.5. The summed E-state index contributed by atoms with van der Waals surface area (Å²) in [5.41, 5.74) is 0.0497. The summed E-state index contributed by atoms with van der Waals surface area (Å²) in [5.74, 6) is 1.71. The molecule has 18 heavy (non-hydrogen) atoms. The topological polar surface area (TPSA) is 68.1 Å². The highest BCUT2D eigenvalue weighted by atomic mass is 35.5. The van der Waals surface area contributed by atoms with Crippen LogP contribution >= 0.6 is 24.2 Å². The van der Waals surface area contributed by atoms with Crippen molar-refractivity contribution in [3.05, 3.63) is 28.4 Å². The van der Waals surface area contributed by atoms with Crippen molar-refractivity contribution in [3.63, 3.8) is 0 Å². The normalized spacial score (nSPS) is 19.0. The van der Waals surface area contributed by atoms with Crippen LogP contribution in [0.2, 0.25) is 0 Å². The van der Waals surface area contributed by atoms with Gasteiger partial charge in [0.1, 0.15) is 6.20 Å². The molecule has 1 fully saturated rings. The number of pyridine rings is 1. The predicted octanol–water partition coefficient (Wildman–Crippen LogP) is 2.50. The van der Waals surface area contributed by atoms with Crippen molar-refractivity contribution in [2.45, 2.75) is 17.9 Å². The van der Waals surface area contributed by atoms with Crippen LogP contribution in [0.15, 0.2) is 23.4 Å². The largest absolute Gasteiger partial charge is 0.316 e. The summed E-state index contributed by atoms with van der Waals surface area (Å²) in [6, 6.07) is 3.23. The van der Waals surface area contributed by atoms with E-state index in [0.29, 0.717) is 5.92 Å². The smallest absolute Gasteiger partial charge is 0.287 e. The first-order chi connectivity index (χ1) is 8.25. The van der Waals surface area contributed by atoms with Crippen LogP contribution in [0.4, 0.5) is 5.69 Å². The molecule has 0 aliphatic carbocycles. The molecule has 1 aromatic heterocycles. The number of nitrogens with zero attached hydrogens (tertiary/aromatic N) is 2. The lowest BCUT2D eigenvalue weighted by Gasteiger charge is -2.21. The second-order valence-electron chi connectivity index (χ2n) is 4.14. The molecule has 0 aromatic carbocycles. The van der Waals surface area contributed by atoms with Crippen LogP contribution in [0, 0.1) is 16.0 Å². The minimum Gasteiger partial charge on any atom is -0.316 e. The molecule has 0 spiro atoms. The molecule has 1 aliphatic heterocycles. The fourth-order valence-electron chi connectivity index (χ4n) is 1.84. The van der Waals surface area contributed by atoms with Crippen LogP contribution in [-0.4, -0.2) is 28.7 Å². The highest BCUT2D eigenvalue weighted by molar-refractivity contribution is 7.99. The summed E-state index contributed by atoms with van der Waals surface area (Å²) in [7, 11) is 0. The molecule has 1 N–H and O–H groups in total. The highest BCUT2D eigenvalue weighted by Crippen LogP contribution is 2.23. The van der Waals surface area contributed by atoms with Gasteiger partial charge in [0.05, 0.1) is 9.95 Å². The fraction of sp³-hybridized carbons (Fsp3) is 0.545. The van der Waals surface area contributed by atoms with E-state index in [1.165, 1.54) is 25.1 Å². The third-order valence-corrected chi connectivity index (χ3v) is 3.97. The number of halogens is 1. The second kappa shape index (κ2) is 7.56. The predicted molar refractivity (Wildman–Crippen MR) is 74.5 cm³/mol. The number of aromatic nitrogens is 1. The molecule has 1 atom stereocenters. The Morgan fingerprint density at radius 2 is 2.39 bits per heavy atom. The molecular formula is C11H16ClN3O2S. The van der Waals surface area contributed by atoms with E-state index >= 15 is 0 Å². The maximum absolute atomic E-state index is 10.5. The standard InChI is InChI=1S/C11H15N3O2S.ClH/c15-14(16)10-3-4-11(13-7-10)17-8-9-2-1-5-12-6-9;/h3-4,7,9,12H,1-2,5-6,8H2;1H. The first kappa shape index (κ1) is 15.2. The van der Waals surface area contributed by atoms with E-state index in [9.17, 15) is 10.1 Å². The average molecular weight is 290 g/mol. The summed E-state index contributed by atoms with van der Waals surface area (Å²) in [6.07, 6.45) is 3.81. The van der Waals surface area contributed by atoms with Gasteiger partial charge in [-0.2, -0.15) is 0 Å². The number of nitrogens with one attached hydrogen (secondary N) is 1. The van der Waals surface area contributed by atoms with E-state index in [1.54, 1.807) is 17.8 Å². The van der Waals surface area contributed by atoms with Gasteiger partial charge in [0.15, 0.2) is 0 Å². The number of hydrogen-bond acceptors (Lipinski definition) is 5.